The number of nitrogens with one attached hydrogen (secondary N) is 1. The van der Waals surface area contributed by atoms with E-state index in [1.807, 2.05) is 13.8 Å². The second-order valence-electron chi connectivity index (χ2n) is 4.03. The van der Waals surface area contributed by atoms with Gasteiger partial charge in [0.15, 0.2) is 0 Å². The van der Waals surface area contributed by atoms with Crippen LogP contribution in [0, 0.1) is 20.8 Å². The summed E-state index contributed by atoms with van der Waals surface area (Å²) in [6, 6.07) is 0. The molecule has 1 heterocycles. The van der Waals surface area contributed by atoms with Gasteiger partial charge in [-0.3, -0.25) is 4.79 Å². The molecule has 1 aromatic heterocycles. The Morgan fingerprint density at radius 2 is 2.06 bits per heavy atom. The Morgan fingerprint density at radius 3 is 2.53 bits per heavy atom. The number of aliphatic hydroxyl groups excluding tert-OH is 1. The molecule has 2 N–H and O–H groups in total. The average Bonchev–Trinajstić information content (AvgIpc) is 2.50. The zero-order chi connectivity index (χ0) is 13.0. The van der Waals surface area contributed by atoms with Crippen molar-refractivity contribution >= 4 is 5.91 Å². The normalized spacial score (nSPS) is 12.5. The molecule has 0 spiro atoms. The van der Waals surface area contributed by atoms with E-state index in [1.54, 1.807) is 6.92 Å². The predicted molar refractivity (Wildman–Crippen MR) is 63.1 cm³/mol. The molecular weight excluding hydrogens is 222 g/mol. The first kappa shape index (κ1) is 13.7. The van der Waals surface area contributed by atoms with Gasteiger partial charge in [-0.05, 0) is 20.8 Å². The minimum absolute atomic E-state index is 0.162. The van der Waals surface area contributed by atoms with Crippen LogP contribution in [-0.2, 0) is 4.74 Å². The number of hydrogen-bond acceptors (Lipinski definition) is 4. The van der Waals surface area contributed by atoms with E-state index in [0.29, 0.717) is 11.3 Å². The molecule has 1 rings (SSSR count). The second-order valence-corrected chi connectivity index (χ2v) is 4.03. The van der Waals surface area contributed by atoms with Crippen LogP contribution in [0.5, 0.6) is 0 Å². The maximum Gasteiger partial charge on any atom is 0.255 e. The second kappa shape index (κ2) is 5.84. The topological polar surface area (TPSA) is 71.7 Å². The van der Waals surface area contributed by atoms with Crippen LogP contribution < -0.4 is 5.32 Å². The van der Waals surface area contributed by atoms with E-state index in [-0.39, 0.29) is 19.1 Å². The highest BCUT2D eigenvalue weighted by Crippen LogP contribution is 2.20. The summed E-state index contributed by atoms with van der Waals surface area (Å²) in [7, 11) is 1.50. The maximum atomic E-state index is 11.9. The highest BCUT2D eigenvalue weighted by atomic mass is 16.5. The van der Waals surface area contributed by atoms with E-state index in [0.717, 1.165) is 11.3 Å². The van der Waals surface area contributed by atoms with Crippen LogP contribution in [0.4, 0.5) is 0 Å². The smallest absolute Gasteiger partial charge is 0.255 e. The Hall–Kier alpha value is -1.33. The molecule has 17 heavy (non-hydrogen) atoms. The fourth-order valence-corrected chi connectivity index (χ4v) is 1.68. The van der Waals surface area contributed by atoms with Crippen molar-refractivity contribution in [1.82, 2.24) is 5.32 Å². The van der Waals surface area contributed by atoms with E-state index in [9.17, 15) is 9.90 Å². The monoisotopic (exact) mass is 241 g/mol. The van der Waals surface area contributed by atoms with Crippen molar-refractivity contribution in [3.8, 4) is 0 Å². The standard InChI is InChI=1S/C12H19NO4/c1-7-8(2)17-9(3)11(7)12(15)13-5-10(14)6-16-4/h10,14H,5-6H2,1-4H3,(H,13,15). The molecule has 0 aromatic carbocycles. The summed E-state index contributed by atoms with van der Waals surface area (Å²) in [5.74, 6) is 1.11. The first-order valence-electron chi connectivity index (χ1n) is 5.49. The Morgan fingerprint density at radius 1 is 1.41 bits per heavy atom. The van der Waals surface area contributed by atoms with Gasteiger partial charge in [-0.25, -0.2) is 0 Å². The molecule has 96 valence electrons. The van der Waals surface area contributed by atoms with E-state index in [4.69, 9.17) is 9.15 Å². The molecule has 0 saturated carbocycles. The van der Waals surface area contributed by atoms with Gasteiger partial charge >= 0.3 is 0 Å². The van der Waals surface area contributed by atoms with Crippen molar-refractivity contribution < 1.29 is 19.1 Å². The fourth-order valence-electron chi connectivity index (χ4n) is 1.68. The SMILES string of the molecule is COCC(O)CNC(=O)c1c(C)oc(C)c1C. The van der Waals surface area contributed by atoms with Crippen molar-refractivity contribution in [2.75, 3.05) is 20.3 Å². The minimum Gasteiger partial charge on any atom is -0.466 e. The molecular formula is C12H19NO4. The lowest BCUT2D eigenvalue weighted by atomic mass is 10.1. The van der Waals surface area contributed by atoms with Crippen molar-refractivity contribution in [3.63, 3.8) is 0 Å². The van der Waals surface area contributed by atoms with Crippen molar-refractivity contribution in [1.29, 1.82) is 0 Å². The number of hydrogen-bond donors (Lipinski definition) is 2. The lowest BCUT2D eigenvalue weighted by molar-refractivity contribution is 0.0609. The van der Waals surface area contributed by atoms with Crippen LogP contribution in [0.3, 0.4) is 0 Å². The molecule has 5 nitrogen and oxygen atoms in total. The van der Waals surface area contributed by atoms with Gasteiger partial charge in [-0.15, -0.1) is 0 Å². The van der Waals surface area contributed by atoms with E-state index >= 15 is 0 Å². The lowest BCUT2D eigenvalue weighted by Crippen LogP contribution is -2.34. The van der Waals surface area contributed by atoms with Gasteiger partial charge in [0.25, 0.3) is 5.91 Å². The first-order chi connectivity index (χ1) is 7.97. The van der Waals surface area contributed by atoms with Crippen LogP contribution >= 0.6 is 0 Å². The summed E-state index contributed by atoms with van der Waals surface area (Å²) < 4.78 is 10.1. The van der Waals surface area contributed by atoms with Gasteiger partial charge in [0.1, 0.15) is 11.5 Å². The van der Waals surface area contributed by atoms with E-state index in [2.05, 4.69) is 5.32 Å². The molecule has 1 atom stereocenters. The number of ether oxygens (including phenoxy) is 1. The third-order valence-corrected chi connectivity index (χ3v) is 2.65. The zero-order valence-electron chi connectivity index (χ0n) is 10.7. The molecule has 0 aliphatic rings. The number of furan rings is 1. The summed E-state index contributed by atoms with van der Waals surface area (Å²) in [5, 5.41) is 12.1. The van der Waals surface area contributed by atoms with E-state index < -0.39 is 6.10 Å². The number of rotatable bonds is 5. The van der Waals surface area contributed by atoms with Gasteiger partial charge < -0.3 is 19.6 Å². The van der Waals surface area contributed by atoms with Gasteiger partial charge in [0.05, 0.1) is 18.3 Å². The van der Waals surface area contributed by atoms with Crippen LogP contribution in [0.2, 0.25) is 0 Å². The Balaban J connectivity index is 2.64. The largest absolute Gasteiger partial charge is 0.466 e. The summed E-state index contributed by atoms with van der Waals surface area (Å²) in [4.78, 5) is 11.9. The zero-order valence-corrected chi connectivity index (χ0v) is 10.7. The van der Waals surface area contributed by atoms with Crippen molar-refractivity contribution in [2.24, 2.45) is 0 Å². The molecule has 1 unspecified atom stereocenters. The van der Waals surface area contributed by atoms with Crippen LogP contribution in [-0.4, -0.2) is 37.4 Å². The minimum atomic E-state index is -0.697. The Labute approximate surface area is 101 Å². The summed E-state index contributed by atoms with van der Waals surface area (Å²) in [5.41, 5.74) is 1.38. The molecule has 0 fully saturated rings. The fraction of sp³-hybridized carbons (Fsp3) is 0.583. The third-order valence-electron chi connectivity index (χ3n) is 2.65. The molecule has 0 saturated heterocycles. The molecule has 0 aliphatic carbocycles. The van der Waals surface area contributed by atoms with Crippen LogP contribution in [0.15, 0.2) is 4.42 Å². The number of amides is 1. The van der Waals surface area contributed by atoms with Crippen molar-refractivity contribution in [3.05, 3.63) is 22.6 Å². The Kier molecular flexibility index (Phi) is 4.72. The number of aryl methyl sites for hydroxylation is 2. The predicted octanol–water partition coefficient (Wildman–Crippen LogP) is 0.942. The van der Waals surface area contributed by atoms with Gasteiger partial charge in [-0.1, -0.05) is 0 Å². The highest BCUT2D eigenvalue weighted by molar-refractivity contribution is 5.96. The summed E-state index contributed by atoms with van der Waals surface area (Å²) >= 11 is 0. The molecule has 1 amide bonds. The quantitative estimate of drug-likeness (QED) is 0.805. The van der Waals surface area contributed by atoms with Gasteiger partial charge in [-0.2, -0.15) is 0 Å². The van der Waals surface area contributed by atoms with Crippen LogP contribution in [0.1, 0.15) is 27.4 Å². The number of aliphatic hydroxyl groups is 1. The molecule has 5 heteroatoms. The lowest BCUT2D eigenvalue weighted by Gasteiger charge is -2.10. The highest BCUT2D eigenvalue weighted by Gasteiger charge is 2.18. The third kappa shape index (κ3) is 3.31. The summed E-state index contributed by atoms with van der Waals surface area (Å²) in [6.45, 7) is 5.77. The number of methoxy groups -OCH3 is 1. The Bertz CT molecular complexity index is 397. The molecule has 0 radical (unpaired) electrons. The van der Waals surface area contributed by atoms with Gasteiger partial charge in [0, 0.05) is 19.2 Å². The summed E-state index contributed by atoms with van der Waals surface area (Å²) in [6.07, 6.45) is -0.697. The maximum absolute atomic E-state index is 11.9. The molecule has 1 aromatic rings. The molecule has 0 bridgehead atoms. The van der Waals surface area contributed by atoms with Crippen LogP contribution in [0.25, 0.3) is 0 Å². The molecule has 0 aliphatic heterocycles. The first-order valence-corrected chi connectivity index (χ1v) is 5.49. The van der Waals surface area contributed by atoms with Crippen molar-refractivity contribution in [2.45, 2.75) is 26.9 Å². The number of carbonyl (C=O) groups is 1. The van der Waals surface area contributed by atoms with Gasteiger partial charge in [0.2, 0.25) is 0 Å². The number of carbonyl (C=O) groups excluding carboxylic acids is 1. The average molecular weight is 241 g/mol. The van der Waals surface area contributed by atoms with E-state index in [1.165, 1.54) is 7.11 Å².